The lowest BCUT2D eigenvalue weighted by Crippen LogP contribution is -2.38. The summed E-state index contributed by atoms with van der Waals surface area (Å²) < 4.78 is 0. The van der Waals surface area contributed by atoms with E-state index >= 15 is 0 Å². The van der Waals surface area contributed by atoms with Crippen LogP contribution in [0.15, 0.2) is 18.2 Å². The van der Waals surface area contributed by atoms with Gasteiger partial charge in [0.05, 0.1) is 0 Å². The molecule has 1 aromatic rings. The van der Waals surface area contributed by atoms with Crippen molar-refractivity contribution in [2.75, 3.05) is 0 Å². The van der Waals surface area contributed by atoms with Gasteiger partial charge in [0, 0.05) is 11.6 Å². The summed E-state index contributed by atoms with van der Waals surface area (Å²) in [4.78, 5) is 12.5. The van der Waals surface area contributed by atoms with Crippen molar-refractivity contribution in [2.45, 2.75) is 57.4 Å². The van der Waals surface area contributed by atoms with Gasteiger partial charge >= 0.3 is 0 Å². The van der Waals surface area contributed by atoms with E-state index in [-0.39, 0.29) is 5.91 Å². The summed E-state index contributed by atoms with van der Waals surface area (Å²) in [7, 11) is 0. The van der Waals surface area contributed by atoms with Gasteiger partial charge < -0.3 is 5.32 Å². The van der Waals surface area contributed by atoms with E-state index < -0.39 is 0 Å². The number of fused-ring (bicyclic) bond motifs is 3. The fraction of sp³-hybridized carbons (Fsp3) is 0.611. The molecule has 1 amide bonds. The first kappa shape index (κ1) is 12.4. The third kappa shape index (κ3) is 2.15. The van der Waals surface area contributed by atoms with Crippen LogP contribution in [-0.2, 0) is 12.8 Å². The van der Waals surface area contributed by atoms with E-state index in [4.69, 9.17) is 0 Å². The van der Waals surface area contributed by atoms with Crippen LogP contribution in [0.5, 0.6) is 0 Å². The molecule has 106 valence electrons. The zero-order valence-electron chi connectivity index (χ0n) is 12.0. The van der Waals surface area contributed by atoms with E-state index in [0.29, 0.717) is 6.04 Å². The molecular formula is C18H23NO. The van der Waals surface area contributed by atoms with Crippen LogP contribution in [-0.4, -0.2) is 11.9 Å². The number of hydrogen-bond donors (Lipinski definition) is 1. The van der Waals surface area contributed by atoms with E-state index in [1.54, 1.807) is 0 Å². The second-order valence-electron chi connectivity index (χ2n) is 6.95. The fourth-order valence-corrected chi connectivity index (χ4v) is 4.55. The average Bonchev–Trinajstić information content (AvgIpc) is 3.09. The molecule has 3 aliphatic carbocycles. The summed E-state index contributed by atoms with van der Waals surface area (Å²) in [5.41, 5.74) is 3.72. The van der Waals surface area contributed by atoms with E-state index in [0.717, 1.165) is 23.8 Å². The minimum atomic E-state index is 0.149. The monoisotopic (exact) mass is 269 g/mol. The summed E-state index contributed by atoms with van der Waals surface area (Å²) >= 11 is 0. The maximum atomic E-state index is 12.5. The Morgan fingerprint density at radius 1 is 1.05 bits per heavy atom. The van der Waals surface area contributed by atoms with Crippen LogP contribution in [0.1, 0.15) is 60.0 Å². The molecule has 0 unspecified atom stereocenters. The number of amides is 1. The molecule has 20 heavy (non-hydrogen) atoms. The highest BCUT2D eigenvalue weighted by Gasteiger charge is 2.40. The van der Waals surface area contributed by atoms with E-state index in [9.17, 15) is 4.79 Å². The third-order valence-electron chi connectivity index (χ3n) is 5.67. The SMILES string of the molecule is O=C(N[C@@H]1C[C@H]2CC[C@@H]1C2)c1ccc2c(c1)CCCC2. The van der Waals surface area contributed by atoms with Crippen LogP contribution in [0, 0.1) is 11.8 Å². The standard InChI is InChI=1S/C18H23NO/c20-18(19-17-10-12-5-6-15(17)9-12)16-8-7-13-3-1-2-4-14(13)11-16/h7-8,11-12,15,17H,1-6,9-10H2,(H,19,20)/t12-,15+,17+/m0/s1. The van der Waals surface area contributed by atoms with Crippen molar-refractivity contribution < 1.29 is 4.79 Å². The van der Waals surface area contributed by atoms with Crippen molar-refractivity contribution in [3.05, 3.63) is 34.9 Å². The number of carbonyl (C=O) groups excluding carboxylic acids is 1. The number of rotatable bonds is 2. The second-order valence-corrected chi connectivity index (χ2v) is 6.95. The van der Waals surface area contributed by atoms with Gasteiger partial charge in [0.1, 0.15) is 0 Å². The van der Waals surface area contributed by atoms with Crippen molar-refractivity contribution in [1.82, 2.24) is 5.32 Å². The maximum Gasteiger partial charge on any atom is 0.251 e. The molecule has 0 aliphatic heterocycles. The van der Waals surface area contributed by atoms with E-state index in [1.807, 2.05) is 6.07 Å². The quantitative estimate of drug-likeness (QED) is 0.875. The zero-order valence-corrected chi connectivity index (χ0v) is 12.0. The van der Waals surface area contributed by atoms with Gasteiger partial charge in [-0.25, -0.2) is 0 Å². The van der Waals surface area contributed by atoms with Gasteiger partial charge in [-0.15, -0.1) is 0 Å². The van der Waals surface area contributed by atoms with E-state index in [1.165, 1.54) is 56.1 Å². The first-order chi connectivity index (χ1) is 9.79. The molecule has 2 heteroatoms. The fourth-order valence-electron chi connectivity index (χ4n) is 4.55. The van der Waals surface area contributed by atoms with Gasteiger partial charge in [-0.1, -0.05) is 12.5 Å². The number of carbonyl (C=O) groups is 1. The van der Waals surface area contributed by atoms with Crippen LogP contribution in [0.3, 0.4) is 0 Å². The Morgan fingerprint density at radius 2 is 1.90 bits per heavy atom. The molecule has 1 N–H and O–H groups in total. The summed E-state index contributed by atoms with van der Waals surface area (Å²) in [6, 6.07) is 6.77. The van der Waals surface area contributed by atoms with Crippen molar-refractivity contribution in [2.24, 2.45) is 11.8 Å². The van der Waals surface area contributed by atoms with Crippen molar-refractivity contribution in [1.29, 1.82) is 0 Å². The highest BCUT2D eigenvalue weighted by molar-refractivity contribution is 5.94. The molecule has 2 nitrogen and oxygen atoms in total. The van der Waals surface area contributed by atoms with Crippen LogP contribution in [0.25, 0.3) is 0 Å². The van der Waals surface area contributed by atoms with Crippen LogP contribution in [0.4, 0.5) is 0 Å². The predicted molar refractivity (Wildman–Crippen MR) is 79.8 cm³/mol. The molecule has 2 bridgehead atoms. The van der Waals surface area contributed by atoms with Gasteiger partial charge in [0.2, 0.25) is 0 Å². The van der Waals surface area contributed by atoms with Crippen LogP contribution < -0.4 is 5.32 Å². The minimum absolute atomic E-state index is 0.149. The molecule has 3 aliphatic rings. The zero-order chi connectivity index (χ0) is 13.5. The molecular weight excluding hydrogens is 246 g/mol. The largest absolute Gasteiger partial charge is 0.349 e. The second kappa shape index (κ2) is 4.91. The van der Waals surface area contributed by atoms with Gasteiger partial charge in [0.15, 0.2) is 0 Å². The Bertz CT molecular complexity index is 536. The Kier molecular flexibility index (Phi) is 3.05. The first-order valence-electron chi connectivity index (χ1n) is 8.22. The number of aryl methyl sites for hydroxylation is 2. The van der Waals surface area contributed by atoms with Gasteiger partial charge in [-0.05, 0) is 80.0 Å². The number of nitrogens with one attached hydrogen (secondary N) is 1. The molecule has 4 rings (SSSR count). The average molecular weight is 269 g/mol. The minimum Gasteiger partial charge on any atom is -0.349 e. The van der Waals surface area contributed by atoms with Crippen molar-refractivity contribution in [3.8, 4) is 0 Å². The molecule has 0 radical (unpaired) electrons. The molecule has 0 spiro atoms. The van der Waals surface area contributed by atoms with Gasteiger partial charge in [0.25, 0.3) is 5.91 Å². The lowest BCUT2D eigenvalue weighted by atomic mass is 9.90. The molecule has 1 aromatic carbocycles. The molecule has 2 fully saturated rings. The Labute approximate surface area is 121 Å². The molecule has 0 aromatic heterocycles. The van der Waals surface area contributed by atoms with E-state index in [2.05, 4.69) is 17.4 Å². The number of benzene rings is 1. The van der Waals surface area contributed by atoms with Crippen molar-refractivity contribution in [3.63, 3.8) is 0 Å². The predicted octanol–water partition coefficient (Wildman–Crippen LogP) is 3.48. The lowest BCUT2D eigenvalue weighted by Gasteiger charge is -2.23. The van der Waals surface area contributed by atoms with Crippen molar-refractivity contribution >= 4 is 5.91 Å². The highest BCUT2D eigenvalue weighted by atomic mass is 16.1. The highest BCUT2D eigenvalue weighted by Crippen LogP contribution is 2.44. The smallest absolute Gasteiger partial charge is 0.251 e. The lowest BCUT2D eigenvalue weighted by molar-refractivity contribution is 0.0923. The summed E-state index contributed by atoms with van der Waals surface area (Å²) in [5, 5.41) is 3.29. The summed E-state index contributed by atoms with van der Waals surface area (Å²) in [6.07, 6.45) is 10.1. The summed E-state index contributed by atoms with van der Waals surface area (Å²) in [5.74, 6) is 1.78. The van der Waals surface area contributed by atoms with Gasteiger partial charge in [-0.2, -0.15) is 0 Å². The Morgan fingerprint density at radius 3 is 2.65 bits per heavy atom. The Hall–Kier alpha value is -1.31. The Balaban J connectivity index is 1.48. The summed E-state index contributed by atoms with van der Waals surface area (Å²) in [6.45, 7) is 0. The molecule has 0 heterocycles. The maximum absolute atomic E-state index is 12.5. The topological polar surface area (TPSA) is 29.1 Å². The molecule has 2 saturated carbocycles. The number of hydrogen-bond acceptors (Lipinski definition) is 1. The van der Waals surface area contributed by atoms with Gasteiger partial charge in [-0.3, -0.25) is 4.79 Å². The molecule has 3 atom stereocenters. The first-order valence-corrected chi connectivity index (χ1v) is 8.22. The molecule has 0 saturated heterocycles. The third-order valence-corrected chi connectivity index (χ3v) is 5.67. The normalized spacial score (nSPS) is 31.1. The van der Waals surface area contributed by atoms with Crippen LogP contribution >= 0.6 is 0 Å². The van der Waals surface area contributed by atoms with Crippen LogP contribution in [0.2, 0.25) is 0 Å².